The van der Waals surface area contributed by atoms with Crippen LogP contribution in [-0.4, -0.2) is 17.9 Å². The first kappa shape index (κ1) is 20.5. The normalized spacial score (nSPS) is 21.5. The lowest BCUT2D eigenvalue weighted by Gasteiger charge is -2.47. The van der Waals surface area contributed by atoms with E-state index in [0.717, 1.165) is 53.4 Å². The van der Waals surface area contributed by atoms with Gasteiger partial charge in [-0.2, -0.15) is 13.2 Å². The van der Waals surface area contributed by atoms with Gasteiger partial charge in [-0.25, -0.2) is 0 Å². The summed E-state index contributed by atoms with van der Waals surface area (Å²) in [5, 5.41) is 3.62. The van der Waals surface area contributed by atoms with Gasteiger partial charge in [-0.05, 0) is 79.1 Å². The van der Waals surface area contributed by atoms with Gasteiger partial charge >= 0.3 is 6.18 Å². The number of fused-ring (bicyclic) bond motifs is 2. The maximum atomic E-state index is 13.2. The lowest BCUT2D eigenvalue weighted by molar-refractivity contribution is -0.137. The molecule has 1 aliphatic heterocycles. The fourth-order valence-corrected chi connectivity index (χ4v) is 4.64. The fraction of sp³-hybridized carbons (Fsp3) is 0.375. The van der Waals surface area contributed by atoms with Crippen LogP contribution in [0, 0.1) is 0 Å². The van der Waals surface area contributed by atoms with Crippen molar-refractivity contribution in [3.63, 3.8) is 0 Å². The molecule has 1 saturated heterocycles. The van der Waals surface area contributed by atoms with Crippen LogP contribution in [0.5, 0.6) is 0 Å². The molecule has 1 aliphatic carbocycles. The van der Waals surface area contributed by atoms with Crippen molar-refractivity contribution in [2.45, 2.75) is 51.2 Å². The molecule has 1 amide bonds. The van der Waals surface area contributed by atoms with Crippen LogP contribution in [-0.2, 0) is 22.9 Å². The Morgan fingerprint density at radius 1 is 1.10 bits per heavy atom. The minimum absolute atomic E-state index is 0.0438. The summed E-state index contributed by atoms with van der Waals surface area (Å²) in [6.45, 7) is 3.93. The van der Waals surface area contributed by atoms with Crippen LogP contribution in [0.2, 0.25) is 0 Å². The smallest absolute Gasteiger partial charge is 0.361 e. The third kappa shape index (κ3) is 3.48. The van der Waals surface area contributed by atoms with E-state index in [9.17, 15) is 18.0 Å². The third-order valence-electron chi connectivity index (χ3n) is 6.19. The summed E-state index contributed by atoms with van der Waals surface area (Å²) in [6, 6.07) is 11.3. The molecule has 0 aromatic heterocycles. The third-order valence-corrected chi connectivity index (χ3v) is 6.19. The molecule has 30 heavy (non-hydrogen) atoms. The van der Waals surface area contributed by atoms with E-state index in [1.807, 2.05) is 32.0 Å². The number of halogens is 3. The second-order valence-corrected chi connectivity index (χ2v) is 8.49. The zero-order valence-corrected chi connectivity index (χ0v) is 17.4. The monoisotopic (exact) mass is 414 g/mol. The molecule has 1 heterocycles. The van der Waals surface area contributed by atoms with E-state index < -0.39 is 17.3 Å². The van der Waals surface area contributed by atoms with E-state index >= 15 is 0 Å². The number of carbonyl (C=O) groups is 1. The number of nitrogens with zero attached hydrogens (tertiary/aromatic N) is 1. The van der Waals surface area contributed by atoms with Crippen LogP contribution < -0.4 is 5.32 Å². The highest BCUT2D eigenvalue weighted by molar-refractivity contribution is 5.81. The molecule has 6 heteroatoms. The Hall–Kier alpha value is -2.76. The van der Waals surface area contributed by atoms with Crippen LogP contribution in [0.3, 0.4) is 0 Å². The largest absolute Gasteiger partial charge is 0.416 e. The van der Waals surface area contributed by atoms with E-state index in [0.29, 0.717) is 12.0 Å². The lowest BCUT2D eigenvalue weighted by atomic mass is 9.72. The molecule has 2 aromatic rings. The summed E-state index contributed by atoms with van der Waals surface area (Å²) >= 11 is 0. The van der Waals surface area contributed by atoms with Crippen LogP contribution in [0.25, 0.3) is 11.1 Å². The molecule has 1 N–H and O–H groups in total. The fourth-order valence-electron chi connectivity index (χ4n) is 4.64. The Labute approximate surface area is 174 Å². The van der Waals surface area contributed by atoms with Crippen molar-refractivity contribution >= 4 is 5.91 Å². The van der Waals surface area contributed by atoms with Crippen molar-refractivity contribution in [1.29, 1.82) is 0 Å². The van der Waals surface area contributed by atoms with Gasteiger partial charge in [-0.3, -0.25) is 4.79 Å². The molecule has 0 unspecified atom stereocenters. The maximum absolute atomic E-state index is 13.2. The Kier molecular flexibility index (Phi) is 4.91. The first-order valence-corrected chi connectivity index (χ1v) is 10.1. The van der Waals surface area contributed by atoms with Crippen molar-refractivity contribution in [2.75, 3.05) is 7.05 Å². The minimum atomic E-state index is -4.38. The summed E-state index contributed by atoms with van der Waals surface area (Å²) in [7, 11) is 1.77. The van der Waals surface area contributed by atoms with Crippen molar-refractivity contribution < 1.29 is 18.0 Å². The lowest BCUT2D eigenvalue weighted by Crippen LogP contribution is -2.56. The second kappa shape index (κ2) is 7.18. The van der Waals surface area contributed by atoms with Crippen LogP contribution >= 0.6 is 0 Å². The second-order valence-electron chi connectivity index (χ2n) is 8.49. The summed E-state index contributed by atoms with van der Waals surface area (Å²) in [6.07, 6.45) is -1.39. The zero-order valence-electron chi connectivity index (χ0n) is 17.4. The number of alkyl halides is 3. The molecule has 1 fully saturated rings. The number of hydrogen-bond donors (Lipinski definition) is 1. The molecule has 4 rings (SSSR count). The predicted molar refractivity (Wildman–Crippen MR) is 110 cm³/mol. The molecular formula is C24H25F3N2O. The molecule has 158 valence electrons. The maximum Gasteiger partial charge on any atom is 0.416 e. The van der Waals surface area contributed by atoms with Gasteiger partial charge in [0.05, 0.1) is 17.5 Å². The Morgan fingerprint density at radius 3 is 2.53 bits per heavy atom. The first-order valence-electron chi connectivity index (χ1n) is 10.1. The van der Waals surface area contributed by atoms with Gasteiger partial charge in [0.25, 0.3) is 0 Å². The molecule has 1 atom stereocenters. The summed E-state index contributed by atoms with van der Waals surface area (Å²) in [5.41, 5.74) is 3.25. The van der Waals surface area contributed by atoms with Crippen LogP contribution in [0.15, 0.2) is 53.9 Å². The van der Waals surface area contributed by atoms with E-state index in [1.165, 1.54) is 12.1 Å². The van der Waals surface area contributed by atoms with Crippen molar-refractivity contribution in [2.24, 2.45) is 0 Å². The van der Waals surface area contributed by atoms with Gasteiger partial charge in [0.15, 0.2) is 0 Å². The molecule has 0 radical (unpaired) electrons. The van der Waals surface area contributed by atoms with Gasteiger partial charge in [0, 0.05) is 7.05 Å². The first-order chi connectivity index (χ1) is 14.1. The molecular weight excluding hydrogens is 389 g/mol. The van der Waals surface area contributed by atoms with Gasteiger partial charge in [-0.15, -0.1) is 0 Å². The quantitative estimate of drug-likeness (QED) is 0.658. The number of nitrogens with one attached hydrogen (secondary N) is 1. The van der Waals surface area contributed by atoms with Gasteiger partial charge < -0.3 is 10.2 Å². The Morgan fingerprint density at radius 2 is 1.83 bits per heavy atom. The molecule has 0 saturated carbocycles. The highest BCUT2D eigenvalue weighted by atomic mass is 19.4. The number of amides is 1. The topological polar surface area (TPSA) is 32.3 Å². The summed E-state index contributed by atoms with van der Waals surface area (Å²) in [5.74, 6) is 0.853. The Balaban J connectivity index is 1.82. The molecule has 3 nitrogen and oxygen atoms in total. The number of allylic oxidation sites excluding steroid dienone is 1. The van der Waals surface area contributed by atoms with E-state index in [-0.39, 0.29) is 5.91 Å². The molecule has 1 spiro atoms. The van der Waals surface area contributed by atoms with Crippen molar-refractivity contribution in [3.8, 4) is 11.1 Å². The SMILES string of the molecule is CC(C)=C1N[C@@]2(CCCc3ccc(-c4cccc(C(F)(F)F)c4)cc32)CC(=O)N1C. The van der Waals surface area contributed by atoms with E-state index in [4.69, 9.17) is 0 Å². The highest BCUT2D eigenvalue weighted by Crippen LogP contribution is 2.43. The molecule has 2 aromatic carbocycles. The van der Waals surface area contributed by atoms with Gasteiger partial charge in [-0.1, -0.05) is 24.3 Å². The number of carbonyl (C=O) groups excluding carboxylic acids is 1. The molecule has 2 aliphatic rings. The Bertz CT molecular complexity index is 1040. The predicted octanol–water partition coefficient (Wildman–Crippen LogP) is 5.61. The van der Waals surface area contributed by atoms with Crippen molar-refractivity contribution in [3.05, 3.63) is 70.5 Å². The highest BCUT2D eigenvalue weighted by Gasteiger charge is 2.44. The molecule has 0 bridgehead atoms. The average molecular weight is 414 g/mol. The summed E-state index contributed by atoms with van der Waals surface area (Å²) in [4.78, 5) is 14.5. The number of benzene rings is 2. The van der Waals surface area contributed by atoms with Crippen LogP contribution in [0.1, 0.15) is 49.8 Å². The van der Waals surface area contributed by atoms with Crippen molar-refractivity contribution in [1.82, 2.24) is 10.2 Å². The number of rotatable bonds is 1. The standard InChI is InChI=1S/C24H25F3N2O/c1-15(2)22-28-23(14-21(30)29(22)3)11-5-7-16-9-10-18(13-20(16)23)17-6-4-8-19(12-17)24(25,26)27/h4,6,8-10,12-13,28H,5,7,11,14H2,1-3H3/t23-/m0/s1. The zero-order chi connectivity index (χ0) is 21.7. The number of hydrogen-bond acceptors (Lipinski definition) is 2. The minimum Gasteiger partial charge on any atom is -0.361 e. The van der Waals surface area contributed by atoms with Crippen LogP contribution in [0.4, 0.5) is 13.2 Å². The van der Waals surface area contributed by atoms with E-state index in [2.05, 4.69) is 5.32 Å². The number of aryl methyl sites for hydroxylation is 1. The van der Waals surface area contributed by atoms with Gasteiger partial charge in [0.2, 0.25) is 5.91 Å². The van der Waals surface area contributed by atoms with E-state index in [1.54, 1.807) is 18.0 Å². The average Bonchev–Trinajstić information content (AvgIpc) is 2.70. The van der Waals surface area contributed by atoms with Gasteiger partial charge in [0.1, 0.15) is 5.82 Å². The summed E-state index contributed by atoms with van der Waals surface area (Å²) < 4.78 is 39.6.